The van der Waals surface area contributed by atoms with Crippen LogP contribution in [0.1, 0.15) is 23.0 Å². The number of esters is 1. The number of phenolic OH excluding ortho intramolecular Hbond substituents is 2. The van der Waals surface area contributed by atoms with Crippen molar-refractivity contribution in [3.8, 4) is 33.9 Å². The Hall–Kier alpha value is -4.29. The van der Waals surface area contributed by atoms with E-state index in [0.29, 0.717) is 6.20 Å². The van der Waals surface area contributed by atoms with Gasteiger partial charge in [-0.05, 0) is 24.6 Å². The number of benzene rings is 1. The lowest BCUT2D eigenvalue weighted by atomic mass is 9.98. The van der Waals surface area contributed by atoms with E-state index < -0.39 is 61.6 Å². The van der Waals surface area contributed by atoms with Gasteiger partial charge in [-0.1, -0.05) is 0 Å². The van der Waals surface area contributed by atoms with Gasteiger partial charge in [-0.15, -0.1) is 0 Å². The van der Waals surface area contributed by atoms with Gasteiger partial charge >= 0.3 is 23.5 Å². The van der Waals surface area contributed by atoms with Gasteiger partial charge in [0, 0.05) is 17.7 Å². The Bertz CT molecular complexity index is 1220. The molecule has 0 bridgehead atoms. The van der Waals surface area contributed by atoms with Crippen LogP contribution in [0.2, 0.25) is 0 Å². The van der Waals surface area contributed by atoms with E-state index >= 15 is 0 Å². The Balaban J connectivity index is 2.35. The van der Waals surface area contributed by atoms with Crippen molar-refractivity contribution < 1.29 is 47.0 Å². The van der Waals surface area contributed by atoms with Crippen molar-refractivity contribution >= 4 is 11.7 Å². The number of ether oxygens (including phenoxy) is 1. The lowest BCUT2D eigenvalue weighted by molar-refractivity contribution is -0.628. The Kier molecular flexibility index (Phi) is 5.66. The summed E-state index contributed by atoms with van der Waals surface area (Å²) in [5.74, 6) is -3.78. The number of alkyl halides is 3. The average molecular weight is 454 g/mol. The molecular formula is C19H13F3N2O8. The Morgan fingerprint density at radius 1 is 1.28 bits per heavy atom. The van der Waals surface area contributed by atoms with E-state index in [1.165, 1.54) is 6.92 Å². The van der Waals surface area contributed by atoms with Gasteiger partial charge in [-0.2, -0.15) is 17.9 Å². The molecule has 32 heavy (non-hydrogen) atoms. The predicted octanol–water partition coefficient (Wildman–Crippen LogP) is 3.76. The Morgan fingerprint density at radius 3 is 2.56 bits per heavy atom. The van der Waals surface area contributed by atoms with E-state index in [0.717, 1.165) is 30.5 Å². The molecule has 0 aliphatic heterocycles. The minimum atomic E-state index is -5.12. The van der Waals surface area contributed by atoms with E-state index in [2.05, 4.69) is 0 Å². The number of aromatic hydroxyl groups is 2. The van der Waals surface area contributed by atoms with Crippen LogP contribution in [-0.4, -0.2) is 27.7 Å². The maximum Gasteiger partial charge on any atom is 0.479 e. The topological polar surface area (TPSA) is 150 Å². The van der Waals surface area contributed by atoms with Crippen molar-refractivity contribution in [3.63, 3.8) is 0 Å². The Labute approximate surface area is 176 Å². The number of furan rings is 1. The fourth-order valence-corrected chi connectivity index (χ4v) is 3.02. The molecule has 0 saturated carbocycles. The number of hydrogen-bond acceptors (Lipinski definition) is 8. The first-order valence-corrected chi connectivity index (χ1v) is 8.76. The molecule has 2 heterocycles. The fourth-order valence-electron chi connectivity index (χ4n) is 3.02. The zero-order valence-corrected chi connectivity index (χ0v) is 16.0. The average Bonchev–Trinajstić information content (AvgIpc) is 3.13. The van der Waals surface area contributed by atoms with Crippen molar-refractivity contribution in [1.82, 2.24) is 0 Å². The lowest BCUT2D eigenvalue weighted by Gasteiger charge is -2.12. The summed E-state index contributed by atoms with van der Waals surface area (Å²) in [6, 6.07) is 3.55. The van der Waals surface area contributed by atoms with Crippen LogP contribution < -0.4 is 4.73 Å². The highest BCUT2D eigenvalue weighted by Gasteiger charge is 2.45. The number of carbonyl (C=O) groups is 1. The van der Waals surface area contributed by atoms with Crippen molar-refractivity contribution in [2.24, 2.45) is 0 Å². The number of rotatable bonds is 5. The highest BCUT2D eigenvalue weighted by Crippen LogP contribution is 2.44. The summed E-state index contributed by atoms with van der Waals surface area (Å²) < 4.78 is 50.2. The summed E-state index contributed by atoms with van der Waals surface area (Å²) in [6.07, 6.45) is -3.69. The molecule has 0 radical (unpaired) electrons. The number of hydrogen-bond donors (Lipinski definition) is 2. The number of nitro groups is 1. The largest absolute Gasteiger partial charge is 0.618 e. The maximum atomic E-state index is 13.5. The molecular weight excluding hydrogens is 441 g/mol. The second-order valence-electron chi connectivity index (χ2n) is 6.29. The third-order valence-corrected chi connectivity index (χ3v) is 4.32. The lowest BCUT2D eigenvalue weighted by Crippen LogP contribution is -2.37. The second-order valence-corrected chi connectivity index (χ2v) is 6.29. The van der Waals surface area contributed by atoms with E-state index in [4.69, 9.17) is 9.15 Å². The zero-order valence-electron chi connectivity index (χ0n) is 16.0. The van der Waals surface area contributed by atoms with E-state index in [1.54, 1.807) is 0 Å². The van der Waals surface area contributed by atoms with Crippen molar-refractivity contribution in [3.05, 3.63) is 63.3 Å². The predicted molar refractivity (Wildman–Crippen MR) is 99.5 cm³/mol. The smallest absolute Gasteiger partial charge is 0.479 e. The van der Waals surface area contributed by atoms with Crippen LogP contribution in [0, 0.1) is 15.3 Å². The molecule has 3 rings (SSSR count). The van der Waals surface area contributed by atoms with Gasteiger partial charge in [-0.3, -0.25) is 10.1 Å². The molecule has 0 unspecified atom stereocenters. The van der Waals surface area contributed by atoms with E-state index in [1.807, 2.05) is 0 Å². The first-order valence-electron chi connectivity index (χ1n) is 8.76. The van der Waals surface area contributed by atoms with Crippen LogP contribution in [0.3, 0.4) is 0 Å². The van der Waals surface area contributed by atoms with Gasteiger partial charge in [0.1, 0.15) is 5.56 Å². The van der Waals surface area contributed by atoms with Gasteiger partial charge in [0.25, 0.3) is 0 Å². The summed E-state index contributed by atoms with van der Waals surface area (Å²) in [7, 11) is 0. The van der Waals surface area contributed by atoms with Gasteiger partial charge in [0.15, 0.2) is 17.7 Å². The molecule has 2 N–H and O–H groups in total. The van der Waals surface area contributed by atoms with Crippen LogP contribution in [-0.2, 0) is 10.9 Å². The number of nitro benzene ring substituents is 1. The molecule has 0 aliphatic rings. The van der Waals surface area contributed by atoms with Crippen molar-refractivity contribution in [2.75, 3.05) is 6.61 Å². The number of phenols is 2. The fraction of sp³-hybridized carbons (Fsp3) is 0.158. The zero-order chi connectivity index (χ0) is 23.8. The number of nitrogens with zero attached hydrogens (tertiary/aromatic N) is 2. The number of pyridine rings is 1. The number of halogens is 3. The molecule has 13 heteroatoms. The third-order valence-electron chi connectivity index (χ3n) is 4.32. The summed E-state index contributed by atoms with van der Waals surface area (Å²) in [4.78, 5) is 22.8. The van der Waals surface area contributed by atoms with Crippen LogP contribution in [0.15, 0.2) is 41.1 Å². The van der Waals surface area contributed by atoms with Gasteiger partial charge in [-0.25, -0.2) is 4.79 Å². The summed E-state index contributed by atoms with van der Waals surface area (Å²) >= 11 is 0. The molecule has 1 aromatic carbocycles. The van der Waals surface area contributed by atoms with Crippen molar-refractivity contribution in [2.45, 2.75) is 13.1 Å². The van der Waals surface area contributed by atoms with Gasteiger partial charge in [0.05, 0.1) is 23.4 Å². The maximum absolute atomic E-state index is 13.5. The number of aromatic nitrogens is 1. The molecule has 0 fully saturated rings. The Morgan fingerprint density at radius 2 is 1.97 bits per heavy atom. The first kappa shape index (κ1) is 22.4. The monoisotopic (exact) mass is 454 g/mol. The highest BCUT2D eigenvalue weighted by molar-refractivity contribution is 6.03. The summed E-state index contributed by atoms with van der Waals surface area (Å²) in [5, 5.41) is 42.5. The first-order chi connectivity index (χ1) is 15.0. The SMILES string of the molecule is CCOC(=O)c1c(-c2cc(O)c(O)c([N+](=O)[O-])c2)coc1-c1ccc[n+]([O-])c1C(F)(F)F. The molecule has 2 aromatic heterocycles. The van der Waals surface area contributed by atoms with E-state index in [-0.39, 0.29) is 17.7 Å². The molecule has 0 saturated heterocycles. The van der Waals surface area contributed by atoms with Crippen LogP contribution in [0.4, 0.5) is 18.9 Å². The molecule has 10 nitrogen and oxygen atoms in total. The molecule has 0 aliphatic carbocycles. The molecule has 0 spiro atoms. The highest BCUT2D eigenvalue weighted by atomic mass is 19.4. The molecule has 168 valence electrons. The second kappa shape index (κ2) is 8.09. The van der Waals surface area contributed by atoms with Crippen LogP contribution in [0.25, 0.3) is 22.5 Å². The molecule has 3 aromatic rings. The quantitative estimate of drug-likeness (QED) is 0.148. The summed E-state index contributed by atoms with van der Waals surface area (Å²) in [5.41, 5.74) is -4.43. The molecule has 0 amide bonds. The van der Waals surface area contributed by atoms with Gasteiger partial charge in [0.2, 0.25) is 5.75 Å². The van der Waals surface area contributed by atoms with Crippen molar-refractivity contribution in [1.29, 1.82) is 0 Å². The summed E-state index contributed by atoms with van der Waals surface area (Å²) in [6.45, 7) is 1.26. The standard InChI is InChI=1S/C19H13F3N2O8/c1-2-31-18(27)14-11(9-6-12(24(29)30)15(26)13(25)7-9)8-32-16(14)10-4-3-5-23(28)17(10)19(20,21)22/h3-8,25-26H,2H2,1H3. The minimum absolute atomic E-state index is 0.174. The third kappa shape index (κ3) is 3.87. The van der Waals surface area contributed by atoms with Gasteiger partial charge < -0.3 is 24.6 Å². The van der Waals surface area contributed by atoms with Crippen LogP contribution in [0.5, 0.6) is 11.5 Å². The minimum Gasteiger partial charge on any atom is -0.618 e. The molecule has 0 atom stereocenters. The van der Waals surface area contributed by atoms with Crippen LogP contribution >= 0.6 is 0 Å². The van der Waals surface area contributed by atoms with E-state index in [9.17, 15) is 43.5 Å². The normalized spacial score (nSPS) is 11.4. The number of carbonyl (C=O) groups excluding carboxylic acids is 1.